The molecule has 0 aliphatic carbocycles. The van der Waals surface area contributed by atoms with Gasteiger partial charge in [0.15, 0.2) is 0 Å². The Balaban J connectivity index is 2.64. The fourth-order valence-electron chi connectivity index (χ4n) is 1.72. The average Bonchev–Trinajstić information content (AvgIpc) is 2.83. The smallest absolute Gasteiger partial charge is 0.100 e. The monoisotopic (exact) mass is 235 g/mol. The molecule has 0 radical (unpaired) electrons. The van der Waals surface area contributed by atoms with Crippen LogP contribution in [0.2, 0.25) is 0 Å². The summed E-state index contributed by atoms with van der Waals surface area (Å²) in [6, 6.07) is 7.58. The Morgan fingerprint density at radius 2 is 2.33 bits per heavy atom. The molecule has 0 unspecified atom stereocenters. The lowest BCUT2D eigenvalue weighted by Gasteiger charge is -2.04. The van der Waals surface area contributed by atoms with Gasteiger partial charge in [0.1, 0.15) is 6.33 Å². The maximum atomic E-state index is 8.94. The third-order valence-corrected chi connectivity index (χ3v) is 2.62. The molecule has 88 valence electrons. The van der Waals surface area contributed by atoms with Crippen molar-refractivity contribution in [3.05, 3.63) is 61.0 Å². The number of allylic oxidation sites excluding steroid dienone is 5. The van der Waals surface area contributed by atoms with Gasteiger partial charge in [-0.25, -0.2) is 4.98 Å². The average molecular weight is 235 g/mol. The first kappa shape index (κ1) is 11.9. The van der Waals surface area contributed by atoms with Gasteiger partial charge < -0.3 is 0 Å². The van der Waals surface area contributed by atoms with Gasteiger partial charge in [-0.2, -0.15) is 5.26 Å². The summed E-state index contributed by atoms with van der Waals surface area (Å²) in [7, 11) is 0. The Morgan fingerprint density at radius 3 is 3.00 bits per heavy atom. The van der Waals surface area contributed by atoms with Gasteiger partial charge in [-0.1, -0.05) is 18.7 Å². The fourth-order valence-corrected chi connectivity index (χ4v) is 1.72. The van der Waals surface area contributed by atoms with Crippen LogP contribution in [-0.4, -0.2) is 9.55 Å². The Labute approximate surface area is 106 Å². The highest BCUT2D eigenvalue weighted by Crippen LogP contribution is 2.19. The number of benzene rings is 1. The molecule has 3 nitrogen and oxygen atoms in total. The van der Waals surface area contributed by atoms with E-state index in [1.54, 1.807) is 18.5 Å². The van der Waals surface area contributed by atoms with Crippen molar-refractivity contribution >= 4 is 16.7 Å². The Kier molecular flexibility index (Phi) is 3.40. The normalized spacial score (nSPS) is 11.9. The summed E-state index contributed by atoms with van der Waals surface area (Å²) in [5.74, 6) is 0. The number of nitriles is 1. The molecule has 2 rings (SSSR count). The number of fused-ring (bicyclic) bond motifs is 1. The van der Waals surface area contributed by atoms with Gasteiger partial charge in [-0.05, 0) is 37.3 Å². The topological polar surface area (TPSA) is 41.6 Å². The van der Waals surface area contributed by atoms with Gasteiger partial charge in [-0.3, -0.25) is 4.57 Å². The summed E-state index contributed by atoms with van der Waals surface area (Å²) in [4.78, 5) is 4.31. The lowest BCUT2D eigenvalue weighted by Crippen LogP contribution is -1.92. The zero-order valence-electron chi connectivity index (χ0n) is 10.2. The highest BCUT2D eigenvalue weighted by molar-refractivity contribution is 5.82. The molecule has 3 heteroatoms. The summed E-state index contributed by atoms with van der Waals surface area (Å²) < 4.78 is 1.92. The van der Waals surface area contributed by atoms with Gasteiger partial charge in [-0.15, -0.1) is 0 Å². The van der Waals surface area contributed by atoms with Crippen LogP contribution in [0.5, 0.6) is 0 Å². The maximum Gasteiger partial charge on any atom is 0.100 e. The Hall–Kier alpha value is -2.60. The number of aromatic nitrogens is 2. The molecule has 0 amide bonds. The van der Waals surface area contributed by atoms with Crippen LogP contribution in [0.4, 0.5) is 0 Å². The number of hydrogen-bond donors (Lipinski definition) is 0. The minimum atomic E-state index is 0.624. The molecule has 0 bridgehead atoms. The van der Waals surface area contributed by atoms with Crippen molar-refractivity contribution < 1.29 is 0 Å². The van der Waals surface area contributed by atoms with Crippen LogP contribution in [-0.2, 0) is 0 Å². The molecule has 0 N–H and O–H groups in total. The summed E-state index contributed by atoms with van der Waals surface area (Å²) >= 11 is 0. The minimum Gasteiger partial charge on any atom is -0.299 e. The van der Waals surface area contributed by atoms with Crippen molar-refractivity contribution in [3.8, 4) is 6.07 Å². The van der Waals surface area contributed by atoms with E-state index in [9.17, 15) is 0 Å². The lowest BCUT2D eigenvalue weighted by molar-refractivity contribution is 1.14. The summed E-state index contributed by atoms with van der Waals surface area (Å²) in [5.41, 5.74) is 3.32. The molecule has 1 aromatic heterocycles. The molecule has 1 aromatic carbocycles. The van der Waals surface area contributed by atoms with Crippen LogP contribution < -0.4 is 0 Å². The van der Waals surface area contributed by atoms with Crippen LogP contribution in [0.1, 0.15) is 12.5 Å². The number of hydrogen-bond acceptors (Lipinski definition) is 2. The maximum absolute atomic E-state index is 8.94. The van der Waals surface area contributed by atoms with Gasteiger partial charge in [0.25, 0.3) is 0 Å². The molecule has 0 aliphatic rings. The first-order chi connectivity index (χ1) is 8.80. The van der Waals surface area contributed by atoms with E-state index in [-0.39, 0.29) is 0 Å². The molecular formula is C15H13N3. The number of rotatable bonds is 3. The van der Waals surface area contributed by atoms with Crippen LogP contribution in [0.15, 0.2) is 55.4 Å². The first-order valence-corrected chi connectivity index (χ1v) is 5.63. The van der Waals surface area contributed by atoms with E-state index in [2.05, 4.69) is 17.6 Å². The van der Waals surface area contributed by atoms with Crippen LogP contribution in [0, 0.1) is 11.3 Å². The minimum absolute atomic E-state index is 0.624. The van der Waals surface area contributed by atoms with E-state index in [0.29, 0.717) is 5.56 Å². The number of imidazole rings is 1. The predicted molar refractivity (Wildman–Crippen MR) is 73.7 cm³/mol. The van der Waals surface area contributed by atoms with Crippen molar-refractivity contribution in [1.82, 2.24) is 9.55 Å². The van der Waals surface area contributed by atoms with Crippen LogP contribution >= 0.6 is 0 Å². The quantitative estimate of drug-likeness (QED) is 0.764. The molecule has 0 atom stereocenters. The molecule has 0 saturated carbocycles. The second kappa shape index (κ2) is 5.15. The molecule has 0 aliphatic heterocycles. The van der Waals surface area contributed by atoms with Crippen LogP contribution in [0.3, 0.4) is 0 Å². The molecule has 2 aromatic rings. The van der Waals surface area contributed by atoms with Crippen LogP contribution in [0.25, 0.3) is 16.7 Å². The van der Waals surface area contributed by atoms with Gasteiger partial charge >= 0.3 is 0 Å². The molecule has 0 saturated heterocycles. The third-order valence-electron chi connectivity index (χ3n) is 2.62. The largest absolute Gasteiger partial charge is 0.299 e. The second-order valence-corrected chi connectivity index (χ2v) is 3.75. The molecule has 0 spiro atoms. The van der Waals surface area contributed by atoms with E-state index in [0.717, 1.165) is 16.7 Å². The Morgan fingerprint density at radius 1 is 1.50 bits per heavy atom. The lowest BCUT2D eigenvalue weighted by atomic mass is 10.2. The highest BCUT2D eigenvalue weighted by atomic mass is 15.0. The van der Waals surface area contributed by atoms with E-state index in [1.165, 1.54) is 0 Å². The molecule has 18 heavy (non-hydrogen) atoms. The van der Waals surface area contributed by atoms with Crippen molar-refractivity contribution in [3.63, 3.8) is 0 Å². The van der Waals surface area contributed by atoms with E-state index >= 15 is 0 Å². The number of nitrogens with zero attached hydrogens (tertiary/aromatic N) is 3. The summed E-state index contributed by atoms with van der Waals surface area (Å²) in [6.07, 6.45) is 9.34. The van der Waals surface area contributed by atoms with E-state index < -0.39 is 0 Å². The fraction of sp³-hybridized carbons (Fsp3) is 0.0667. The highest BCUT2D eigenvalue weighted by Gasteiger charge is 2.05. The van der Waals surface area contributed by atoms with E-state index in [4.69, 9.17) is 5.26 Å². The molecular weight excluding hydrogens is 222 g/mol. The molecule has 0 fully saturated rings. The zero-order chi connectivity index (χ0) is 13.0. The van der Waals surface area contributed by atoms with Crippen molar-refractivity contribution in [2.75, 3.05) is 0 Å². The second-order valence-electron chi connectivity index (χ2n) is 3.75. The summed E-state index contributed by atoms with van der Waals surface area (Å²) in [5, 5.41) is 8.94. The van der Waals surface area contributed by atoms with Crippen molar-refractivity contribution in [2.24, 2.45) is 0 Å². The zero-order valence-corrected chi connectivity index (χ0v) is 10.2. The van der Waals surface area contributed by atoms with Gasteiger partial charge in [0.2, 0.25) is 0 Å². The Bertz CT molecular complexity index is 681. The van der Waals surface area contributed by atoms with Gasteiger partial charge in [0, 0.05) is 5.70 Å². The standard InChI is InChI=1S/C15H13N3/c1-3-5-6-13(4-2)18-11-17-14-8-7-12(10-16)9-15(14)18/h3-9,11H,2H2,1H3. The van der Waals surface area contributed by atoms with Crippen molar-refractivity contribution in [2.45, 2.75) is 6.92 Å². The third kappa shape index (κ3) is 2.09. The van der Waals surface area contributed by atoms with Crippen molar-refractivity contribution in [1.29, 1.82) is 5.26 Å². The molecule has 1 heterocycles. The SMILES string of the molecule is C=CC(=CC=CC)n1cnc2ccc(C#N)cc21. The van der Waals surface area contributed by atoms with Gasteiger partial charge in [0.05, 0.1) is 22.7 Å². The first-order valence-electron chi connectivity index (χ1n) is 5.63. The van der Waals surface area contributed by atoms with E-state index in [1.807, 2.05) is 41.9 Å². The summed E-state index contributed by atoms with van der Waals surface area (Å²) in [6.45, 7) is 5.76. The predicted octanol–water partition coefficient (Wildman–Crippen LogP) is 3.51.